The minimum atomic E-state index is -5.57. The van der Waals surface area contributed by atoms with Crippen molar-refractivity contribution in [3.05, 3.63) is 0 Å². The Labute approximate surface area is 138 Å². The molecule has 0 aliphatic heterocycles. The number of phosphoric ester groups is 1. The minimum Gasteiger partial charge on any atom is -0.382 e. The summed E-state index contributed by atoms with van der Waals surface area (Å²) >= 11 is 0. The Balaban J connectivity index is 5.04. The highest BCUT2D eigenvalue weighted by Gasteiger charge is 2.45. The molecular formula is C9H12F9O7P. The Morgan fingerprint density at radius 1 is 0.615 bits per heavy atom. The van der Waals surface area contributed by atoms with E-state index in [2.05, 4.69) is 13.6 Å². The van der Waals surface area contributed by atoms with E-state index in [9.17, 15) is 44.1 Å². The van der Waals surface area contributed by atoms with Gasteiger partial charge in [-0.25, -0.2) is 4.57 Å². The summed E-state index contributed by atoms with van der Waals surface area (Å²) < 4.78 is 132. The standard InChI is InChI=1S/C9H12F9O7P/c10-7(11,12)4(19)1-23-26(22,24-2-5(20)8(13,14)15)25-3-6(21)9(16,17)18/h4-6,19-21H,1-3H2/t4-,5-,6-/m1/s1. The molecule has 0 aliphatic carbocycles. The average Bonchev–Trinajstić information content (AvgIpc) is 2.45. The van der Waals surface area contributed by atoms with Gasteiger partial charge in [0, 0.05) is 0 Å². The minimum absolute atomic E-state index is 1.94. The fourth-order valence-corrected chi connectivity index (χ4v) is 2.08. The zero-order valence-corrected chi connectivity index (χ0v) is 13.1. The SMILES string of the molecule is O=P(OC[C@@H](O)C(F)(F)F)(OC[C@@H](O)C(F)(F)F)OC[C@@H](O)C(F)(F)F. The third-order valence-electron chi connectivity index (χ3n) is 2.31. The second-order valence-electron chi connectivity index (χ2n) is 4.51. The van der Waals surface area contributed by atoms with Gasteiger partial charge in [0.15, 0.2) is 18.3 Å². The van der Waals surface area contributed by atoms with E-state index in [1.54, 1.807) is 0 Å². The molecule has 3 atom stereocenters. The molecule has 0 unspecified atom stereocenters. The summed E-state index contributed by atoms with van der Waals surface area (Å²) in [5.74, 6) is 0. The van der Waals surface area contributed by atoms with Crippen LogP contribution in [0, 0.1) is 0 Å². The maximum Gasteiger partial charge on any atom is 0.475 e. The molecule has 0 spiro atoms. The molecule has 0 saturated carbocycles. The van der Waals surface area contributed by atoms with E-state index in [1.165, 1.54) is 0 Å². The van der Waals surface area contributed by atoms with Crippen molar-refractivity contribution in [1.82, 2.24) is 0 Å². The molecule has 0 saturated heterocycles. The van der Waals surface area contributed by atoms with E-state index < -0.39 is 64.5 Å². The molecule has 0 aliphatic rings. The maximum atomic E-state index is 12.1. The lowest BCUT2D eigenvalue weighted by Crippen LogP contribution is -2.35. The van der Waals surface area contributed by atoms with Crippen molar-refractivity contribution >= 4 is 7.82 Å². The molecule has 0 radical (unpaired) electrons. The van der Waals surface area contributed by atoms with E-state index in [0.717, 1.165) is 0 Å². The van der Waals surface area contributed by atoms with Crippen molar-refractivity contribution < 1.29 is 73.0 Å². The average molecular weight is 434 g/mol. The van der Waals surface area contributed by atoms with Gasteiger partial charge < -0.3 is 15.3 Å². The van der Waals surface area contributed by atoms with Crippen LogP contribution in [0.2, 0.25) is 0 Å². The number of hydrogen-bond acceptors (Lipinski definition) is 7. The van der Waals surface area contributed by atoms with Gasteiger partial charge in [-0.3, -0.25) is 13.6 Å². The van der Waals surface area contributed by atoms with Gasteiger partial charge in [-0.2, -0.15) is 39.5 Å². The first-order valence-electron chi connectivity index (χ1n) is 6.16. The van der Waals surface area contributed by atoms with Crippen LogP contribution in [0.1, 0.15) is 0 Å². The van der Waals surface area contributed by atoms with Gasteiger partial charge in [0.1, 0.15) is 0 Å². The molecule has 0 bridgehead atoms. The van der Waals surface area contributed by atoms with Crippen molar-refractivity contribution in [2.75, 3.05) is 19.8 Å². The fourth-order valence-electron chi connectivity index (χ4n) is 0.881. The van der Waals surface area contributed by atoms with Crippen LogP contribution in [0.3, 0.4) is 0 Å². The number of aliphatic hydroxyl groups excluding tert-OH is 3. The zero-order chi connectivity index (χ0) is 21.0. The molecular weight excluding hydrogens is 422 g/mol. The molecule has 0 heterocycles. The zero-order valence-electron chi connectivity index (χ0n) is 12.2. The summed E-state index contributed by atoms with van der Waals surface area (Å²) in [6, 6.07) is 0. The van der Waals surface area contributed by atoms with Crippen LogP contribution in [-0.4, -0.2) is 72.0 Å². The molecule has 0 amide bonds. The molecule has 7 nitrogen and oxygen atoms in total. The van der Waals surface area contributed by atoms with Gasteiger partial charge in [0.2, 0.25) is 0 Å². The number of phosphoric acid groups is 1. The maximum absolute atomic E-state index is 12.1. The molecule has 0 fully saturated rings. The van der Waals surface area contributed by atoms with Gasteiger partial charge in [-0.05, 0) is 0 Å². The summed E-state index contributed by atoms with van der Waals surface area (Å²) in [5, 5.41) is 25.9. The molecule has 17 heteroatoms. The Bertz CT molecular complexity index is 411. The summed E-state index contributed by atoms with van der Waals surface area (Å²) in [6.07, 6.45) is -26.0. The highest BCUT2D eigenvalue weighted by atomic mass is 31.2. The molecule has 0 aromatic rings. The van der Waals surface area contributed by atoms with Crippen molar-refractivity contribution in [2.45, 2.75) is 36.8 Å². The summed E-state index contributed by atoms with van der Waals surface area (Å²) in [5.41, 5.74) is 0. The molecule has 158 valence electrons. The van der Waals surface area contributed by atoms with Crippen LogP contribution in [0.25, 0.3) is 0 Å². The highest BCUT2D eigenvalue weighted by Crippen LogP contribution is 2.51. The Morgan fingerprint density at radius 2 is 0.808 bits per heavy atom. The predicted molar refractivity (Wildman–Crippen MR) is 61.6 cm³/mol. The van der Waals surface area contributed by atoms with E-state index in [0.29, 0.717) is 0 Å². The first kappa shape index (κ1) is 25.4. The second-order valence-corrected chi connectivity index (χ2v) is 6.18. The van der Waals surface area contributed by atoms with Crippen molar-refractivity contribution in [1.29, 1.82) is 0 Å². The van der Waals surface area contributed by atoms with Gasteiger partial charge in [0.05, 0.1) is 19.8 Å². The molecule has 0 aromatic heterocycles. The van der Waals surface area contributed by atoms with Crippen LogP contribution in [0.4, 0.5) is 39.5 Å². The first-order chi connectivity index (χ1) is 11.4. The van der Waals surface area contributed by atoms with Crippen molar-refractivity contribution in [3.63, 3.8) is 0 Å². The quantitative estimate of drug-likeness (QED) is 0.376. The summed E-state index contributed by atoms with van der Waals surface area (Å²) in [4.78, 5) is 0. The van der Waals surface area contributed by atoms with Crippen LogP contribution in [0.5, 0.6) is 0 Å². The second kappa shape index (κ2) is 9.03. The fraction of sp³-hybridized carbons (Fsp3) is 1.00. The van der Waals surface area contributed by atoms with E-state index in [4.69, 9.17) is 15.3 Å². The van der Waals surface area contributed by atoms with Gasteiger partial charge in [-0.15, -0.1) is 0 Å². The summed E-state index contributed by atoms with van der Waals surface area (Å²) in [7, 11) is -5.57. The topological polar surface area (TPSA) is 105 Å². The Hall–Kier alpha value is -0.640. The van der Waals surface area contributed by atoms with Crippen LogP contribution in [-0.2, 0) is 18.1 Å². The van der Waals surface area contributed by atoms with Gasteiger partial charge in [0.25, 0.3) is 0 Å². The molecule has 26 heavy (non-hydrogen) atoms. The van der Waals surface area contributed by atoms with Crippen molar-refractivity contribution in [3.8, 4) is 0 Å². The third-order valence-corrected chi connectivity index (χ3v) is 3.70. The van der Waals surface area contributed by atoms with E-state index in [1.807, 2.05) is 0 Å². The highest BCUT2D eigenvalue weighted by molar-refractivity contribution is 7.48. The Morgan fingerprint density at radius 3 is 0.962 bits per heavy atom. The number of hydrogen-bond donors (Lipinski definition) is 3. The molecule has 3 N–H and O–H groups in total. The first-order valence-corrected chi connectivity index (χ1v) is 7.62. The lowest BCUT2D eigenvalue weighted by Gasteiger charge is -2.23. The van der Waals surface area contributed by atoms with Gasteiger partial charge >= 0.3 is 26.4 Å². The lowest BCUT2D eigenvalue weighted by atomic mass is 10.4. The van der Waals surface area contributed by atoms with Crippen LogP contribution < -0.4 is 0 Å². The number of halogens is 9. The molecule has 0 aromatic carbocycles. The Kier molecular flexibility index (Phi) is 8.81. The van der Waals surface area contributed by atoms with Gasteiger partial charge in [-0.1, -0.05) is 0 Å². The largest absolute Gasteiger partial charge is 0.475 e. The lowest BCUT2D eigenvalue weighted by molar-refractivity contribution is -0.219. The van der Waals surface area contributed by atoms with Crippen LogP contribution >= 0.6 is 7.82 Å². The third kappa shape index (κ3) is 9.34. The number of rotatable bonds is 9. The number of aliphatic hydroxyl groups is 3. The predicted octanol–water partition coefficient (Wildman–Crippen LogP) is 1.91. The number of alkyl halides is 9. The van der Waals surface area contributed by atoms with Crippen LogP contribution in [0.15, 0.2) is 0 Å². The van der Waals surface area contributed by atoms with E-state index in [-0.39, 0.29) is 0 Å². The normalized spacial score (nSPS) is 17.8. The van der Waals surface area contributed by atoms with E-state index >= 15 is 0 Å². The smallest absolute Gasteiger partial charge is 0.382 e. The summed E-state index contributed by atoms with van der Waals surface area (Å²) in [6.45, 7) is -5.82. The van der Waals surface area contributed by atoms with Crippen molar-refractivity contribution in [2.24, 2.45) is 0 Å². The monoisotopic (exact) mass is 434 g/mol. The molecule has 0 rings (SSSR count).